The van der Waals surface area contributed by atoms with Crippen LogP contribution in [0.4, 0.5) is 0 Å². The molecule has 0 spiro atoms. The molecule has 1 aliphatic heterocycles. The van der Waals surface area contributed by atoms with Crippen molar-refractivity contribution in [2.24, 2.45) is 0 Å². The van der Waals surface area contributed by atoms with Gasteiger partial charge in [0.05, 0.1) is 5.69 Å². The molecule has 1 atom stereocenters. The number of hydrogen-bond donors (Lipinski definition) is 1. The van der Waals surface area contributed by atoms with Crippen molar-refractivity contribution in [3.05, 3.63) is 11.9 Å². The number of likely N-dealkylation sites (tertiary alicyclic amines) is 1. The van der Waals surface area contributed by atoms with Gasteiger partial charge in [0.25, 0.3) is 0 Å². The van der Waals surface area contributed by atoms with Crippen molar-refractivity contribution < 1.29 is 9.90 Å². The maximum absolute atomic E-state index is 12.5. The van der Waals surface area contributed by atoms with Crippen LogP contribution in [0.15, 0.2) is 6.20 Å². The van der Waals surface area contributed by atoms with Gasteiger partial charge >= 0.3 is 0 Å². The summed E-state index contributed by atoms with van der Waals surface area (Å²) < 4.78 is 1.64. The molecule has 0 radical (unpaired) electrons. The molecular weight excluding hydrogens is 256 g/mol. The first-order valence-electron chi connectivity index (χ1n) is 7.52. The van der Waals surface area contributed by atoms with Gasteiger partial charge in [-0.15, -0.1) is 5.10 Å². The Morgan fingerprint density at radius 2 is 2.05 bits per heavy atom. The molecule has 6 nitrogen and oxygen atoms in total. The lowest BCUT2D eigenvalue weighted by atomic mass is 10.2. The third kappa shape index (κ3) is 3.79. The Morgan fingerprint density at radius 3 is 2.70 bits per heavy atom. The lowest BCUT2D eigenvalue weighted by Crippen LogP contribution is -2.37. The molecule has 1 aromatic heterocycles. The highest BCUT2D eigenvalue weighted by Crippen LogP contribution is 2.15. The first-order valence-corrected chi connectivity index (χ1v) is 7.52. The van der Waals surface area contributed by atoms with E-state index in [0.717, 1.165) is 31.6 Å². The summed E-state index contributed by atoms with van der Waals surface area (Å²) in [6, 6.07) is -0.302. The minimum absolute atomic E-state index is 0.130. The summed E-state index contributed by atoms with van der Waals surface area (Å²) in [6.07, 6.45) is 7.80. The summed E-state index contributed by atoms with van der Waals surface area (Å²) in [4.78, 5) is 14.4. The van der Waals surface area contributed by atoms with E-state index in [0.29, 0.717) is 12.8 Å². The van der Waals surface area contributed by atoms with Crippen LogP contribution in [0.25, 0.3) is 0 Å². The van der Waals surface area contributed by atoms with E-state index in [9.17, 15) is 4.79 Å². The van der Waals surface area contributed by atoms with E-state index in [1.54, 1.807) is 4.68 Å². The number of aliphatic hydroxyl groups is 1. The molecule has 1 aromatic rings. The number of rotatable bonds is 5. The molecule has 0 saturated carbocycles. The van der Waals surface area contributed by atoms with Crippen molar-refractivity contribution in [3.8, 4) is 0 Å². The first-order chi connectivity index (χ1) is 9.72. The molecule has 112 valence electrons. The van der Waals surface area contributed by atoms with Gasteiger partial charge in [-0.3, -0.25) is 4.79 Å². The van der Waals surface area contributed by atoms with Crippen LogP contribution >= 0.6 is 0 Å². The molecule has 6 heteroatoms. The second-order valence-corrected chi connectivity index (χ2v) is 5.43. The second-order valence-electron chi connectivity index (χ2n) is 5.43. The van der Waals surface area contributed by atoms with Gasteiger partial charge in [-0.05, 0) is 32.6 Å². The summed E-state index contributed by atoms with van der Waals surface area (Å²) in [5, 5.41) is 16.9. The predicted octanol–water partition coefficient (Wildman–Crippen LogP) is 1.17. The third-order valence-corrected chi connectivity index (χ3v) is 3.82. The molecule has 0 bridgehead atoms. The van der Waals surface area contributed by atoms with Crippen molar-refractivity contribution in [2.75, 3.05) is 19.7 Å². The molecule has 0 aliphatic carbocycles. The fraction of sp³-hybridized carbons (Fsp3) is 0.786. The van der Waals surface area contributed by atoms with Gasteiger partial charge < -0.3 is 10.0 Å². The molecule has 1 saturated heterocycles. The Kier molecular flexibility index (Phi) is 5.52. The zero-order valence-corrected chi connectivity index (χ0v) is 12.2. The van der Waals surface area contributed by atoms with Gasteiger partial charge in [0.15, 0.2) is 0 Å². The van der Waals surface area contributed by atoms with E-state index in [2.05, 4.69) is 10.3 Å². The summed E-state index contributed by atoms with van der Waals surface area (Å²) in [5.74, 6) is 0.130. The van der Waals surface area contributed by atoms with Gasteiger partial charge in [-0.25, -0.2) is 4.68 Å². The van der Waals surface area contributed by atoms with Crippen LogP contribution in [0.2, 0.25) is 0 Å². The van der Waals surface area contributed by atoms with Crippen LogP contribution in [-0.2, 0) is 11.2 Å². The van der Waals surface area contributed by atoms with Crippen LogP contribution < -0.4 is 0 Å². The Balaban J connectivity index is 1.96. The maximum Gasteiger partial charge on any atom is 0.247 e. The van der Waals surface area contributed by atoms with Crippen molar-refractivity contribution in [3.63, 3.8) is 0 Å². The standard InChI is InChI=1S/C14H24N4O2/c1-12(14(20)17-8-4-2-3-5-9-17)18-11-13(15-16-18)7-6-10-19/h11-12,19H,2-10H2,1H3. The normalized spacial score (nSPS) is 17.8. The first kappa shape index (κ1) is 15.0. The Labute approximate surface area is 119 Å². The van der Waals surface area contributed by atoms with E-state index in [-0.39, 0.29) is 18.6 Å². The number of aryl methyl sites for hydroxylation is 1. The highest BCUT2D eigenvalue weighted by molar-refractivity contribution is 5.80. The highest BCUT2D eigenvalue weighted by atomic mass is 16.3. The zero-order chi connectivity index (χ0) is 14.4. The number of amides is 1. The fourth-order valence-electron chi connectivity index (χ4n) is 2.55. The van der Waals surface area contributed by atoms with E-state index >= 15 is 0 Å². The minimum atomic E-state index is -0.302. The molecular formula is C14H24N4O2. The molecule has 1 unspecified atom stereocenters. The molecule has 2 rings (SSSR count). The van der Waals surface area contributed by atoms with E-state index in [1.807, 2.05) is 18.0 Å². The number of carbonyl (C=O) groups excluding carboxylic acids is 1. The van der Waals surface area contributed by atoms with Crippen LogP contribution in [0.3, 0.4) is 0 Å². The summed E-state index contributed by atoms with van der Waals surface area (Å²) >= 11 is 0. The Morgan fingerprint density at radius 1 is 1.35 bits per heavy atom. The lowest BCUT2D eigenvalue weighted by molar-refractivity contribution is -0.134. The third-order valence-electron chi connectivity index (χ3n) is 3.82. The predicted molar refractivity (Wildman–Crippen MR) is 75.2 cm³/mol. The maximum atomic E-state index is 12.5. The molecule has 1 amide bonds. The highest BCUT2D eigenvalue weighted by Gasteiger charge is 2.23. The smallest absolute Gasteiger partial charge is 0.247 e. The van der Waals surface area contributed by atoms with Crippen LogP contribution in [0.1, 0.15) is 50.8 Å². The number of nitrogens with zero attached hydrogens (tertiary/aromatic N) is 4. The van der Waals surface area contributed by atoms with Gasteiger partial charge in [0.2, 0.25) is 5.91 Å². The average molecular weight is 280 g/mol. The zero-order valence-electron chi connectivity index (χ0n) is 12.2. The van der Waals surface area contributed by atoms with E-state index < -0.39 is 0 Å². The largest absolute Gasteiger partial charge is 0.396 e. The Bertz CT molecular complexity index is 425. The van der Waals surface area contributed by atoms with Gasteiger partial charge in [-0.2, -0.15) is 0 Å². The molecule has 2 heterocycles. The quantitative estimate of drug-likeness (QED) is 0.878. The van der Waals surface area contributed by atoms with Crippen molar-refractivity contribution >= 4 is 5.91 Å². The summed E-state index contributed by atoms with van der Waals surface area (Å²) in [7, 11) is 0. The SMILES string of the molecule is CC(C(=O)N1CCCCCC1)n1cc(CCCO)nn1. The molecule has 1 N–H and O–H groups in total. The van der Waals surface area contributed by atoms with Crippen LogP contribution in [0, 0.1) is 0 Å². The fourth-order valence-corrected chi connectivity index (χ4v) is 2.55. The van der Waals surface area contributed by atoms with Gasteiger partial charge in [0.1, 0.15) is 6.04 Å². The van der Waals surface area contributed by atoms with Gasteiger partial charge in [0, 0.05) is 25.9 Å². The van der Waals surface area contributed by atoms with Crippen LogP contribution in [0.5, 0.6) is 0 Å². The molecule has 20 heavy (non-hydrogen) atoms. The number of hydrogen-bond acceptors (Lipinski definition) is 4. The number of aromatic nitrogens is 3. The number of carbonyl (C=O) groups is 1. The van der Waals surface area contributed by atoms with E-state index in [1.165, 1.54) is 12.8 Å². The number of aliphatic hydroxyl groups excluding tert-OH is 1. The van der Waals surface area contributed by atoms with Crippen molar-refractivity contribution in [1.29, 1.82) is 0 Å². The van der Waals surface area contributed by atoms with Crippen molar-refractivity contribution in [2.45, 2.75) is 51.5 Å². The van der Waals surface area contributed by atoms with Crippen LogP contribution in [-0.4, -0.2) is 50.6 Å². The molecule has 0 aromatic carbocycles. The molecule has 1 fully saturated rings. The topological polar surface area (TPSA) is 71.2 Å². The van der Waals surface area contributed by atoms with E-state index in [4.69, 9.17) is 5.11 Å². The average Bonchev–Trinajstić information content (AvgIpc) is 2.76. The second kappa shape index (κ2) is 7.38. The summed E-state index contributed by atoms with van der Waals surface area (Å²) in [5.41, 5.74) is 0.828. The summed E-state index contributed by atoms with van der Waals surface area (Å²) in [6.45, 7) is 3.73. The monoisotopic (exact) mass is 280 g/mol. The lowest BCUT2D eigenvalue weighted by Gasteiger charge is -2.23. The van der Waals surface area contributed by atoms with Gasteiger partial charge in [-0.1, -0.05) is 18.1 Å². The Hall–Kier alpha value is -1.43. The minimum Gasteiger partial charge on any atom is -0.396 e. The molecule has 1 aliphatic rings. The van der Waals surface area contributed by atoms with Crippen molar-refractivity contribution in [1.82, 2.24) is 19.9 Å².